The van der Waals surface area contributed by atoms with E-state index in [0.29, 0.717) is 5.79 Å². The number of hydrogen-bond donors (Lipinski definition) is 0. The highest BCUT2D eigenvalue weighted by molar-refractivity contribution is 6.82. The Morgan fingerprint density at radius 2 is 1.31 bits per heavy atom. The summed E-state index contributed by atoms with van der Waals surface area (Å²) < 4.78 is 18.0. The van der Waals surface area contributed by atoms with Crippen LogP contribution in [0, 0.1) is 0 Å². The number of rotatable bonds is 17. The van der Waals surface area contributed by atoms with Crippen molar-refractivity contribution >= 4 is 46.3 Å². The molecule has 1 unspecified atom stereocenters. The summed E-state index contributed by atoms with van der Waals surface area (Å²) in [7, 11) is 2.02. The summed E-state index contributed by atoms with van der Waals surface area (Å²) in [5.41, 5.74) is 3.05. The van der Waals surface area contributed by atoms with Crippen LogP contribution in [0.1, 0.15) is 51.3 Å². The van der Waals surface area contributed by atoms with Gasteiger partial charge in [0, 0.05) is 27.1 Å². The van der Waals surface area contributed by atoms with Gasteiger partial charge >= 0.3 is 8.80 Å². The third-order valence-electron chi connectivity index (χ3n) is 7.23. The van der Waals surface area contributed by atoms with Gasteiger partial charge in [0.1, 0.15) is 0 Å². The van der Waals surface area contributed by atoms with Gasteiger partial charge in [-0.15, -0.1) is 0 Å². The van der Waals surface area contributed by atoms with Gasteiger partial charge < -0.3 is 13.3 Å². The molecule has 35 heavy (non-hydrogen) atoms. The molecule has 1 atom stereocenters. The fourth-order valence-electron chi connectivity index (χ4n) is 5.25. The molecule has 0 aromatic heterocycles. The minimum atomic E-state index is -2.83. The van der Waals surface area contributed by atoms with Crippen molar-refractivity contribution in [3.05, 3.63) is 23.3 Å². The van der Waals surface area contributed by atoms with Gasteiger partial charge in [-0.1, -0.05) is 89.4 Å². The van der Waals surface area contributed by atoms with Gasteiger partial charge in [0.05, 0.1) is 32.7 Å². The van der Waals surface area contributed by atoms with E-state index in [2.05, 4.69) is 82.7 Å². The van der Waals surface area contributed by atoms with Gasteiger partial charge in [0.2, 0.25) is 0 Å². The van der Waals surface area contributed by atoms with Crippen molar-refractivity contribution in [1.82, 2.24) is 9.80 Å². The zero-order valence-electron chi connectivity index (χ0n) is 24.7. The fourth-order valence-corrected chi connectivity index (χ4v) is 13.6. The minimum Gasteiger partial charge on any atom is -0.376 e. The Hall–Kier alpha value is -0.112. The Labute approximate surface area is 224 Å². The van der Waals surface area contributed by atoms with E-state index in [-0.39, 0.29) is 5.54 Å². The highest BCUT2D eigenvalue weighted by Crippen LogP contribution is 2.31. The Bertz CT molecular complexity index is 719. The second-order valence-electron chi connectivity index (χ2n) is 9.52. The summed E-state index contributed by atoms with van der Waals surface area (Å²) in [6, 6.07) is 6.06. The lowest BCUT2D eigenvalue weighted by Crippen LogP contribution is -2.54. The Balaban J connectivity index is 3.49. The van der Waals surface area contributed by atoms with Crippen LogP contribution in [-0.2, 0) is 19.7 Å². The van der Waals surface area contributed by atoms with Gasteiger partial charge in [0.15, 0.2) is 0 Å². The number of nitrogens with zero attached hydrogens (tertiary/aromatic N) is 2. The van der Waals surface area contributed by atoms with Crippen molar-refractivity contribution in [2.75, 3.05) is 47.5 Å². The van der Waals surface area contributed by atoms with Crippen LogP contribution >= 0.6 is 0 Å². The lowest BCUT2D eigenvalue weighted by atomic mass is 10.0. The molecule has 1 aromatic rings. The van der Waals surface area contributed by atoms with Gasteiger partial charge in [-0.3, -0.25) is 9.80 Å². The monoisotopic (exact) mass is 552 g/mol. The van der Waals surface area contributed by atoms with Gasteiger partial charge in [-0.25, -0.2) is 0 Å². The van der Waals surface area contributed by atoms with E-state index in [1.807, 2.05) is 0 Å². The average Bonchev–Trinajstić information content (AvgIpc) is 2.85. The first kappa shape index (κ1) is 32.9. The van der Waals surface area contributed by atoms with Crippen LogP contribution in [0.3, 0.4) is 0 Å². The van der Waals surface area contributed by atoms with Crippen LogP contribution in [0.25, 0.3) is 0 Å². The van der Waals surface area contributed by atoms with Crippen molar-refractivity contribution in [3.63, 3.8) is 0 Å². The van der Waals surface area contributed by atoms with Crippen LogP contribution in [0.4, 0.5) is 0 Å². The molecule has 0 saturated carbocycles. The molecule has 0 heterocycles. The first-order valence-corrected chi connectivity index (χ1v) is 21.3. The summed E-state index contributed by atoms with van der Waals surface area (Å²) >= 11 is 0. The van der Waals surface area contributed by atoms with E-state index in [1.165, 1.54) is 17.2 Å². The number of hydrogen-bond acceptors (Lipinski definition) is 5. The van der Waals surface area contributed by atoms with Crippen molar-refractivity contribution in [2.24, 2.45) is 0 Å². The second kappa shape index (κ2) is 16.0. The van der Waals surface area contributed by atoms with Gasteiger partial charge in [-0.2, -0.15) is 0 Å². The van der Waals surface area contributed by atoms with Crippen molar-refractivity contribution in [2.45, 2.75) is 84.6 Å². The van der Waals surface area contributed by atoms with Crippen molar-refractivity contribution < 1.29 is 13.3 Å². The smallest absolute Gasteiger partial charge is 0.376 e. The molecule has 1 aromatic carbocycles. The third-order valence-corrected chi connectivity index (χ3v) is 15.2. The van der Waals surface area contributed by atoms with E-state index in [1.54, 1.807) is 31.7 Å². The lowest BCUT2D eigenvalue weighted by molar-refractivity contribution is 0.114. The maximum absolute atomic E-state index is 6.01. The Morgan fingerprint density at radius 1 is 0.829 bits per heavy atom. The second-order valence-corrected chi connectivity index (χ2v) is 19.3. The van der Waals surface area contributed by atoms with Crippen molar-refractivity contribution in [1.29, 1.82) is 0 Å². The molecule has 9 heteroatoms. The SMILES string of the molecule is CCN(CC)C([Si]CCc1ccc([Si](C)C)c([Si](C)C)c1C(C)[Si](OC)(OC)OC)N(CC)CC. The standard InChI is InChI=1S/C26H52N2O3Si4/c1-13-27(14-2)26(28(15-3)16-4)32-20-19-22-17-18-23(33(9)10)25(34(11)12)24(22)21(5)35(29-6,30-7)31-8/h17-18,21,26H,13-16,19-20H2,1-12H3. The zero-order valence-corrected chi connectivity index (χ0v) is 28.7. The molecular formula is C26H52N2O3Si4. The highest BCUT2D eigenvalue weighted by Gasteiger charge is 2.47. The van der Waals surface area contributed by atoms with E-state index in [0.717, 1.165) is 42.1 Å². The molecule has 0 bridgehead atoms. The number of benzene rings is 1. The molecule has 4 radical (unpaired) electrons. The largest absolute Gasteiger partial charge is 0.507 e. The molecule has 0 aliphatic heterocycles. The van der Waals surface area contributed by atoms with Crippen LogP contribution in [0.2, 0.25) is 32.2 Å². The normalized spacial score (nSPS) is 13.7. The zero-order chi connectivity index (χ0) is 26.8. The molecule has 0 spiro atoms. The average molecular weight is 553 g/mol. The molecule has 0 N–H and O–H groups in total. The topological polar surface area (TPSA) is 34.2 Å². The summed E-state index contributed by atoms with van der Waals surface area (Å²) in [5.74, 6) is 0.531. The van der Waals surface area contributed by atoms with E-state index in [4.69, 9.17) is 13.3 Å². The molecule has 0 saturated heterocycles. The summed E-state index contributed by atoms with van der Waals surface area (Å²) in [4.78, 5) is 5.26. The summed E-state index contributed by atoms with van der Waals surface area (Å²) in [6.45, 7) is 25.5. The van der Waals surface area contributed by atoms with Gasteiger partial charge in [-0.05, 0) is 43.7 Å². The molecular weight excluding hydrogens is 501 g/mol. The van der Waals surface area contributed by atoms with E-state index in [9.17, 15) is 0 Å². The summed E-state index contributed by atoms with van der Waals surface area (Å²) in [5, 5.41) is 3.19. The van der Waals surface area contributed by atoms with Crippen LogP contribution < -0.4 is 10.4 Å². The third kappa shape index (κ3) is 7.94. The van der Waals surface area contributed by atoms with Crippen LogP contribution in [0.15, 0.2) is 12.1 Å². The molecule has 0 aliphatic carbocycles. The summed E-state index contributed by atoms with van der Waals surface area (Å²) in [6.07, 6.45) is 1.09. The lowest BCUT2D eigenvalue weighted by Gasteiger charge is -2.38. The predicted molar refractivity (Wildman–Crippen MR) is 160 cm³/mol. The van der Waals surface area contributed by atoms with Crippen molar-refractivity contribution in [3.8, 4) is 0 Å². The maximum Gasteiger partial charge on any atom is 0.507 e. The molecule has 0 fully saturated rings. The first-order chi connectivity index (χ1) is 16.6. The first-order valence-electron chi connectivity index (χ1n) is 13.3. The van der Waals surface area contributed by atoms with Crippen LogP contribution in [0.5, 0.6) is 0 Å². The number of aryl methyl sites for hydroxylation is 1. The molecule has 0 amide bonds. The maximum atomic E-state index is 6.01. The molecule has 0 aliphatic rings. The molecule has 5 nitrogen and oxygen atoms in total. The Morgan fingerprint density at radius 3 is 1.69 bits per heavy atom. The van der Waals surface area contributed by atoms with Gasteiger partial charge in [0.25, 0.3) is 0 Å². The van der Waals surface area contributed by atoms with E-state index < -0.39 is 26.4 Å². The molecule has 200 valence electrons. The Kier molecular flexibility index (Phi) is 15.0. The van der Waals surface area contributed by atoms with E-state index >= 15 is 0 Å². The highest BCUT2D eigenvalue weighted by atomic mass is 28.4. The fraction of sp³-hybridized carbons (Fsp3) is 0.769. The van der Waals surface area contributed by atoms with Crippen LogP contribution in [-0.4, -0.2) is 99.0 Å². The quantitative estimate of drug-likeness (QED) is 0.217. The molecule has 1 rings (SSSR count). The minimum absolute atomic E-state index is 0.110. The predicted octanol–water partition coefficient (Wildman–Crippen LogP) is 3.76.